The van der Waals surface area contributed by atoms with Crippen LogP contribution in [0.15, 0.2) is 30.3 Å². The Morgan fingerprint density at radius 1 is 1.54 bits per heavy atom. The Morgan fingerprint density at radius 3 is 2.92 bits per heavy atom. The molecule has 1 aromatic rings. The number of carboxylic acid groups (broad SMARTS) is 1. The zero-order valence-corrected chi connectivity index (χ0v) is 7.53. The number of carbonyl (C=O) groups is 1. The maximum absolute atomic E-state index is 10.2. The number of carboxylic acids is 1. The summed E-state index contributed by atoms with van der Waals surface area (Å²) < 4.78 is 0. The van der Waals surface area contributed by atoms with Crippen LogP contribution in [-0.4, -0.2) is 11.1 Å². The Balaban J connectivity index is 2.83. The standard InChI is InChI=1S/C11H12O2/c1-2-9-4-3-5-10(8-9)6-7-11(12)13/h3-8H,2H2,1H3,(H,12,13). The minimum atomic E-state index is -0.915. The lowest BCUT2D eigenvalue weighted by Gasteiger charge is -1.97. The first-order valence-corrected chi connectivity index (χ1v) is 4.22. The molecule has 2 nitrogen and oxygen atoms in total. The highest BCUT2D eigenvalue weighted by Crippen LogP contribution is 2.07. The summed E-state index contributed by atoms with van der Waals surface area (Å²) in [5, 5.41) is 8.41. The SMILES string of the molecule is CCc1cccc(C=CC(=O)O)c1. The molecule has 0 aliphatic rings. The molecule has 1 rings (SSSR count). The van der Waals surface area contributed by atoms with Crippen LogP contribution in [0.4, 0.5) is 0 Å². The summed E-state index contributed by atoms with van der Waals surface area (Å²) in [6.45, 7) is 2.07. The van der Waals surface area contributed by atoms with Crippen LogP contribution in [0, 0.1) is 0 Å². The van der Waals surface area contributed by atoms with Gasteiger partial charge in [0.2, 0.25) is 0 Å². The molecule has 0 heterocycles. The summed E-state index contributed by atoms with van der Waals surface area (Å²) in [4.78, 5) is 10.2. The predicted octanol–water partition coefficient (Wildman–Crippen LogP) is 2.35. The van der Waals surface area contributed by atoms with E-state index in [2.05, 4.69) is 6.92 Å². The van der Waals surface area contributed by atoms with Crippen LogP contribution in [0.25, 0.3) is 6.08 Å². The van der Waals surface area contributed by atoms with Crippen LogP contribution in [0.3, 0.4) is 0 Å². The van der Waals surface area contributed by atoms with Gasteiger partial charge in [0, 0.05) is 6.08 Å². The molecule has 0 bridgehead atoms. The molecule has 0 radical (unpaired) electrons. The van der Waals surface area contributed by atoms with Gasteiger partial charge < -0.3 is 5.11 Å². The molecule has 1 N–H and O–H groups in total. The minimum Gasteiger partial charge on any atom is -0.478 e. The third kappa shape index (κ3) is 3.11. The maximum atomic E-state index is 10.2. The third-order valence-corrected chi connectivity index (χ3v) is 1.78. The van der Waals surface area contributed by atoms with E-state index in [-0.39, 0.29) is 0 Å². The van der Waals surface area contributed by atoms with E-state index in [1.54, 1.807) is 6.08 Å². The third-order valence-electron chi connectivity index (χ3n) is 1.78. The Hall–Kier alpha value is -1.57. The molecule has 0 atom stereocenters. The monoisotopic (exact) mass is 176 g/mol. The number of aliphatic carboxylic acids is 1. The van der Waals surface area contributed by atoms with Crippen molar-refractivity contribution in [1.29, 1.82) is 0 Å². The second-order valence-electron chi connectivity index (χ2n) is 2.77. The maximum Gasteiger partial charge on any atom is 0.328 e. The molecule has 0 spiro atoms. The van der Waals surface area contributed by atoms with Crippen molar-refractivity contribution in [2.24, 2.45) is 0 Å². The largest absolute Gasteiger partial charge is 0.478 e. The number of hydrogen-bond acceptors (Lipinski definition) is 1. The zero-order chi connectivity index (χ0) is 9.68. The molecule has 0 aliphatic heterocycles. The van der Waals surface area contributed by atoms with E-state index in [4.69, 9.17) is 5.11 Å². The van der Waals surface area contributed by atoms with Crippen molar-refractivity contribution in [2.75, 3.05) is 0 Å². The molecule has 2 heteroatoms. The van der Waals surface area contributed by atoms with E-state index >= 15 is 0 Å². The fourth-order valence-electron chi connectivity index (χ4n) is 1.08. The highest BCUT2D eigenvalue weighted by molar-refractivity contribution is 5.85. The number of benzene rings is 1. The van der Waals surface area contributed by atoms with Gasteiger partial charge in [0.25, 0.3) is 0 Å². The normalized spacial score (nSPS) is 10.5. The lowest BCUT2D eigenvalue weighted by atomic mass is 10.1. The average Bonchev–Trinajstić information content (AvgIpc) is 2.15. The predicted molar refractivity (Wildman–Crippen MR) is 52.5 cm³/mol. The first kappa shape index (κ1) is 9.52. The number of hydrogen-bond donors (Lipinski definition) is 1. The highest BCUT2D eigenvalue weighted by atomic mass is 16.4. The average molecular weight is 176 g/mol. The Bertz CT molecular complexity index is 327. The molecule has 0 aromatic heterocycles. The molecule has 0 aliphatic carbocycles. The van der Waals surface area contributed by atoms with Crippen molar-refractivity contribution < 1.29 is 9.90 Å². The van der Waals surface area contributed by atoms with Crippen LogP contribution in [0.5, 0.6) is 0 Å². The lowest BCUT2D eigenvalue weighted by Crippen LogP contribution is -1.86. The summed E-state index contributed by atoms with van der Waals surface area (Å²) >= 11 is 0. The molecule has 0 saturated heterocycles. The van der Waals surface area contributed by atoms with E-state index in [1.807, 2.05) is 24.3 Å². The molecule has 0 amide bonds. The molecular formula is C11H12O2. The summed E-state index contributed by atoms with van der Waals surface area (Å²) in [5.74, 6) is -0.915. The van der Waals surface area contributed by atoms with Crippen molar-refractivity contribution >= 4 is 12.0 Å². The Labute approximate surface area is 77.5 Å². The Morgan fingerprint density at radius 2 is 2.31 bits per heavy atom. The molecule has 0 fully saturated rings. The van der Waals surface area contributed by atoms with Gasteiger partial charge >= 0.3 is 5.97 Å². The fraction of sp³-hybridized carbons (Fsp3) is 0.182. The Kier molecular flexibility index (Phi) is 3.26. The van der Waals surface area contributed by atoms with Gasteiger partial charge in [0.15, 0.2) is 0 Å². The summed E-state index contributed by atoms with van der Waals surface area (Å²) in [6, 6.07) is 7.83. The van der Waals surface area contributed by atoms with Crippen molar-refractivity contribution in [3.05, 3.63) is 41.5 Å². The topological polar surface area (TPSA) is 37.3 Å². The van der Waals surface area contributed by atoms with Gasteiger partial charge in [-0.3, -0.25) is 0 Å². The first-order valence-electron chi connectivity index (χ1n) is 4.22. The van der Waals surface area contributed by atoms with Gasteiger partial charge in [-0.2, -0.15) is 0 Å². The van der Waals surface area contributed by atoms with Crippen LogP contribution < -0.4 is 0 Å². The quantitative estimate of drug-likeness (QED) is 0.718. The van der Waals surface area contributed by atoms with Crippen LogP contribution >= 0.6 is 0 Å². The second kappa shape index (κ2) is 4.45. The van der Waals surface area contributed by atoms with E-state index < -0.39 is 5.97 Å². The van der Waals surface area contributed by atoms with Gasteiger partial charge in [-0.25, -0.2) is 4.79 Å². The van der Waals surface area contributed by atoms with Gasteiger partial charge in [-0.15, -0.1) is 0 Å². The second-order valence-corrected chi connectivity index (χ2v) is 2.77. The first-order chi connectivity index (χ1) is 6.22. The number of rotatable bonds is 3. The summed E-state index contributed by atoms with van der Waals surface area (Å²) in [7, 11) is 0. The van der Waals surface area contributed by atoms with Crippen molar-refractivity contribution in [3.8, 4) is 0 Å². The zero-order valence-electron chi connectivity index (χ0n) is 7.53. The van der Waals surface area contributed by atoms with Crippen molar-refractivity contribution in [3.63, 3.8) is 0 Å². The highest BCUT2D eigenvalue weighted by Gasteiger charge is 1.91. The number of aryl methyl sites for hydroxylation is 1. The van der Waals surface area contributed by atoms with Crippen molar-refractivity contribution in [1.82, 2.24) is 0 Å². The molecule has 0 unspecified atom stereocenters. The fourth-order valence-corrected chi connectivity index (χ4v) is 1.08. The van der Waals surface area contributed by atoms with Crippen LogP contribution in [0.2, 0.25) is 0 Å². The van der Waals surface area contributed by atoms with Gasteiger partial charge in [0.1, 0.15) is 0 Å². The molecule has 13 heavy (non-hydrogen) atoms. The van der Waals surface area contributed by atoms with E-state index in [0.717, 1.165) is 18.1 Å². The van der Waals surface area contributed by atoms with Crippen molar-refractivity contribution in [2.45, 2.75) is 13.3 Å². The van der Waals surface area contributed by atoms with Gasteiger partial charge in [-0.1, -0.05) is 31.2 Å². The van der Waals surface area contributed by atoms with E-state index in [0.29, 0.717) is 0 Å². The molecule has 68 valence electrons. The van der Waals surface area contributed by atoms with Crippen LogP contribution in [-0.2, 0) is 11.2 Å². The van der Waals surface area contributed by atoms with Crippen LogP contribution in [0.1, 0.15) is 18.1 Å². The summed E-state index contributed by atoms with van der Waals surface area (Å²) in [5.41, 5.74) is 2.15. The smallest absolute Gasteiger partial charge is 0.328 e. The minimum absolute atomic E-state index is 0.915. The van der Waals surface area contributed by atoms with Gasteiger partial charge in [0.05, 0.1) is 0 Å². The molecular weight excluding hydrogens is 164 g/mol. The lowest BCUT2D eigenvalue weighted by molar-refractivity contribution is -0.131. The van der Waals surface area contributed by atoms with E-state index in [1.165, 1.54) is 5.56 Å². The van der Waals surface area contributed by atoms with Gasteiger partial charge in [-0.05, 0) is 23.6 Å². The molecule has 0 saturated carbocycles. The molecule has 1 aromatic carbocycles. The van der Waals surface area contributed by atoms with E-state index in [9.17, 15) is 4.79 Å². The summed E-state index contributed by atoms with van der Waals surface area (Å²) in [6.07, 6.45) is 3.71.